The summed E-state index contributed by atoms with van der Waals surface area (Å²) in [6, 6.07) is 5.92. The van der Waals surface area contributed by atoms with Crippen molar-refractivity contribution in [1.29, 1.82) is 0 Å². The molecule has 0 saturated heterocycles. The number of hydrogen-bond donors (Lipinski definition) is 2. The number of carboxylic acids is 1. The Morgan fingerprint density at radius 1 is 1.24 bits per heavy atom. The van der Waals surface area contributed by atoms with Gasteiger partial charge in [0.05, 0.1) is 12.8 Å². The van der Waals surface area contributed by atoms with Gasteiger partial charge in [0.2, 0.25) is 5.91 Å². The fourth-order valence-corrected chi connectivity index (χ4v) is 2.82. The van der Waals surface area contributed by atoms with Crippen LogP contribution in [0, 0.1) is 5.92 Å². The highest BCUT2D eigenvalue weighted by Gasteiger charge is 2.20. The number of carbonyl (C=O) groups excluding carboxylic acids is 1. The molecule has 4 heteroatoms. The molecular weight excluding hydrogens is 266 g/mol. The molecule has 1 amide bonds. The molecule has 0 aromatic heterocycles. The number of aliphatic carboxylic acids is 1. The Kier molecular flexibility index (Phi) is 4.99. The summed E-state index contributed by atoms with van der Waals surface area (Å²) < 4.78 is 0. The molecule has 1 aliphatic rings. The smallest absolute Gasteiger partial charge is 0.305 e. The van der Waals surface area contributed by atoms with E-state index in [9.17, 15) is 9.59 Å². The second kappa shape index (κ2) is 6.74. The Balaban J connectivity index is 1.95. The van der Waals surface area contributed by atoms with Crippen LogP contribution in [0.2, 0.25) is 0 Å². The fourth-order valence-electron chi connectivity index (χ4n) is 2.82. The maximum Gasteiger partial charge on any atom is 0.305 e. The van der Waals surface area contributed by atoms with Crippen molar-refractivity contribution in [2.75, 3.05) is 0 Å². The van der Waals surface area contributed by atoms with Gasteiger partial charge < -0.3 is 10.4 Å². The topological polar surface area (TPSA) is 66.4 Å². The second-order valence-electron chi connectivity index (χ2n) is 6.15. The van der Waals surface area contributed by atoms with E-state index in [-0.39, 0.29) is 24.3 Å². The monoisotopic (exact) mass is 289 g/mol. The van der Waals surface area contributed by atoms with Crippen LogP contribution in [0.3, 0.4) is 0 Å². The zero-order valence-corrected chi connectivity index (χ0v) is 12.7. The molecule has 0 radical (unpaired) electrons. The number of amides is 1. The van der Waals surface area contributed by atoms with Crippen LogP contribution in [0.1, 0.15) is 43.4 Å². The summed E-state index contributed by atoms with van der Waals surface area (Å²) in [5, 5.41) is 11.7. The molecule has 1 aliphatic carbocycles. The Morgan fingerprint density at radius 3 is 2.62 bits per heavy atom. The Labute approximate surface area is 125 Å². The molecule has 0 fully saturated rings. The standard InChI is InChI=1S/C17H23NO3/c1-11(2)15(10-17(20)21)18-16(19)9-12-6-7-13-4-3-5-14(13)8-12/h6-8,11,15H,3-5,9-10H2,1-2H3,(H,18,19)(H,20,21). The van der Waals surface area contributed by atoms with Crippen LogP contribution in [-0.4, -0.2) is 23.0 Å². The first-order valence-electron chi connectivity index (χ1n) is 7.57. The van der Waals surface area contributed by atoms with Crippen LogP contribution in [0.25, 0.3) is 0 Å². The molecular formula is C17H23NO3. The molecule has 0 aliphatic heterocycles. The van der Waals surface area contributed by atoms with Gasteiger partial charge in [-0.3, -0.25) is 9.59 Å². The van der Waals surface area contributed by atoms with Gasteiger partial charge >= 0.3 is 5.97 Å². The number of carbonyl (C=O) groups is 2. The minimum absolute atomic E-state index is 0.0341. The summed E-state index contributed by atoms with van der Waals surface area (Å²) in [5.41, 5.74) is 3.75. The van der Waals surface area contributed by atoms with Gasteiger partial charge in [-0.15, -0.1) is 0 Å². The lowest BCUT2D eigenvalue weighted by Crippen LogP contribution is -2.40. The molecule has 0 heterocycles. The van der Waals surface area contributed by atoms with Crippen LogP contribution >= 0.6 is 0 Å². The molecule has 1 atom stereocenters. The first-order chi connectivity index (χ1) is 9.95. The van der Waals surface area contributed by atoms with E-state index in [1.165, 1.54) is 17.5 Å². The van der Waals surface area contributed by atoms with Crippen molar-refractivity contribution in [2.45, 2.75) is 52.0 Å². The predicted octanol–water partition coefficient (Wildman–Crippen LogP) is 2.33. The molecule has 0 bridgehead atoms. The third-order valence-corrected chi connectivity index (χ3v) is 4.07. The van der Waals surface area contributed by atoms with Crippen LogP contribution in [0.4, 0.5) is 0 Å². The van der Waals surface area contributed by atoms with Gasteiger partial charge in [0.15, 0.2) is 0 Å². The van der Waals surface area contributed by atoms with Crippen molar-refractivity contribution in [2.24, 2.45) is 5.92 Å². The highest BCUT2D eigenvalue weighted by molar-refractivity contribution is 5.79. The number of carboxylic acid groups (broad SMARTS) is 1. The lowest BCUT2D eigenvalue weighted by atomic mass is 10.00. The lowest BCUT2D eigenvalue weighted by molar-refractivity contribution is -0.138. The largest absolute Gasteiger partial charge is 0.481 e. The third kappa shape index (κ3) is 4.31. The van der Waals surface area contributed by atoms with E-state index >= 15 is 0 Å². The summed E-state index contributed by atoms with van der Waals surface area (Å²) >= 11 is 0. The quantitative estimate of drug-likeness (QED) is 0.844. The zero-order valence-electron chi connectivity index (χ0n) is 12.7. The molecule has 0 saturated carbocycles. The van der Waals surface area contributed by atoms with E-state index < -0.39 is 5.97 Å². The van der Waals surface area contributed by atoms with Crippen molar-refractivity contribution in [3.8, 4) is 0 Å². The van der Waals surface area contributed by atoms with Gasteiger partial charge in [0, 0.05) is 6.04 Å². The lowest BCUT2D eigenvalue weighted by Gasteiger charge is -2.20. The number of fused-ring (bicyclic) bond motifs is 1. The van der Waals surface area contributed by atoms with Gasteiger partial charge in [-0.05, 0) is 41.9 Å². The average Bonchev–Trinajstić information content (AvgIpc) is 2.84. The molecule has 1 aromatic carbocycles. The first-order valence-corrected chi connectivity index (χ1v) is 7.57. The molecule has 1 aromatic rings. The highest BCUT2D eigenvalue weighted by Crippen LogP contribution is 2.23. The van der Waals surface area contributed by atoms with Crippen molar-refractivity contribution >= 4 is 11.9 Å². The molecule has 2 N–H and O–H groups in total. The summed E-state index contributed by atoms with van der Waals surface area (Å²) in [7, 11) is 0. The maximum atomic E-state index is 12.1. The van der Waals surface area contributed by atoms with Gasteiger partial charge in [-0.25, -0.2) is 0 Å². The molecule has 2 rings (SSSR count). The number of rotatable bonds is 6. The number of benzene rings is 1. The van der Waals surface area contributed by atoms with Crippen LogP contribution in [-0.2, 0) is 28.9 Å². The molecule has 21 heavy (non-hydrogen) atoms. The highest BCUT2D eigenvalue weighted by atomic mass is 16.4. The van der Waals surface area contributed by atoms with E-state index in [0.717, 1.165) is 18.4 Å². The number of hydrogen-bond acceptors (Lipinski definition) is 2. The molecule has 1 unspecified atom stereocenters. The summed E-state index contributed by atoms with van der Waals surface area (Å²) in [5.74, 6) is -0.885. The van der Waals surface area contributed by atoms with E-state index in [4.69, 9.17) is 5.11 Å². The van der Waals surface area contributed by atoms with Crippen molar-refractivity contribution in [1.82, 2.24) is 5.32 Å². The normalized spacial score (nSPS) is 14.8. The van der Waals surface area contributed by atoms with E-state index in [2.05, 4.69) is 17.4 Å². The molecule has 0 spiro atoms. The summed E-state index contributed by atoms with van der Waals surface area (Å²) in [6.45, 7) is 3.84. The number of nitrogens with one attached hydrogen (secondary N) is 1. The maximum absolute atomic E-state index is 12.1. The Hall–Kier alpha value is -1.84. The van der Waals surface area contributed by atoms with E-state index in [1.807, 2.05) is 19.9 Å². The molecule has 114 valence electrons. The van der Waals surface area contributed by atoms with Gasteiger partial charge in [-0.1, -0.05) is 32.0 Å². The summed E-state index contributed by atoms with van der Waals surface area (Å²) in [4.78, 5) is 22.9. The Bertz CT molecular complexity index is 537. The first kappa shape index (κ1) is 15.5. The van der Waals surface area contributed by atoms with Crippen molar-refractivity contribution in [3.05, 3.63) is 34.9 Å². The Morgan fingerprint density at radius 2 is 1.95 bits per heavy atom. The zero-order chi connectivity index (χ0) is 15.4. The second-order valence-corrected chi connectivity index (χ2v) is 6.15. The van der Waals surface area contributed by atoms with E-state index in [1.54, 1.807) is 0 Å². The van der Waals surface area contributed by atoms with Gasteiger partial charge in [0.1, 0.15) is 0 Å². The SMILES string of the molecule is CC(C)C(CC(=O)O)NC(=O)Cc1ccc2c(c1)CCC2. The minimum atomic E-state index is -0.883. The van der Waals surface area contributed by atoms with Gasteiger partial charge in [-0.2, -0.15) is 0 Å². The third-order valence-electron chi connectivity index (χ3n) is 4.07. The summed E-state index contributed by atoms with van der Waals surface area (Å²) in [6.07, 6.45) is 3.71. The average molecular weight is 289 g/mol. The minimum Gasteiger partial charge on any atom is -0.481 e. The van der Waals surface area contributed by atoms with Gasteiger partial charge in [0.25, 0.3) is 0 Å². The van der Waals surface area contributed by atoms with Crippen LogP contribution in [0.15, 0.2) is 18.2 Å². The molecule has 4 nitrogen and oxygen atoms in total. The van der Waals surface area contributed by atoms with E-state index in [0.29, 0.717) is 6.42 Å². The predicted molar refractivity (Wildman–Crippen MR) is 81.2 cm³/mol. The van der Waals surface area contributed by atoms with Crippen LogP contribution < -0.4 is 5.32 Å². The number of aryl methyl sites for hydroxylation is 2. The van der Waals surface area contributed by atoms with Crippen molar-refractivity contribution < 1.29 is 14.7 Å². The van der Waals surface area contributed by atoms with Crippen molar-refractivity contribution in [3.63, 3.8) is 0 Å². The fraction of sp³-hybridized carbons (Fsp3) is 0.529. The van der Waals surface area contributed by atoms with Crippen LogP contribution in [0.5, 0.6) is 0 Å².